The highest BCUT2D eigenvalue weighted by Gasteiger charge is 2.15. The number of rotatable bonds is 7. The maximum Gasteiger partial charge on any atom is 0.236 e. The number of ether oxygens (including phenoxy) is 1. The lowest BCUT2D eigenvalue weighted by Crippen LogP contribution is -2.37. The minimum Gasteiger partial charge on any atom is -0.383 e. The third-order valence-electron chi connectivity index (χ3n) is 3.70. The quantitative estimate of drug-likeness (QED) is 0.776. The zero-order valence-electron chi connectivity index (χ0n) is 14.8. The molecule has 0 unspecified atom stereocenters. The third-order valence-corrected chi connectivity index (χ3v) is 3.70. The van der Waals surface area contributed by atoms with E-state index in [1.54, 1.807) is 26.1 Å². The second-order valence-electron chi connectivity index (χ2n) is 6.94. The molecular formula is C18H30N2O2. The van der Waals surface area contributed by atoms with Crippen molar-refractivity contribution in [1.82, 2.24) is 9.80 Å². The highest BCUT2D eigenvalue weighted by atomic mass is 16.5. The van der Waals surface area contributed by atoms with Gasteiger partial charge in [-0.1, -0.05) is 45.0 Å². The molecule has 22 heavy (non-hydrogen) atoms. The molecule has 0 aliphatic heterocycles. The number of likely N-dealkylation sites (N-methyl/N-ethyl adjacent to an activating group) is 1. The highest BCUT2D eigenvalue weighted by Crippen LogP contribution is 2.22. The van der Waals surface area contributed by atoms with Crippen LogP contribution in [-0.4, -0.2) is 56.6 Å². The summed E-state index contributed by atoms with van der Waals surface area (Å²) in [5.74, 6) is 0.113. The molecule has 1 amide bonds. The Morgan fingerprint density at radius 1 is 1.14 bits per heavy atom. The van der Waals surface area contributed by atoms with Crippen molar-refractivity contribution in [2.24, 2.45) is 0 Å². The number of carbonyl (C=O) groups is 1. The fraction of sp³-hybridized carbons (Fsp3) is 0.611. The van der Waals surface area contributed by atoms with Gasteiger partial charge < -0.3 is 9.64 Å². The molecule has 0 aromatic heterocycles. The normalized spacial score (nSPS) is 11.8. The summed E-state index contributed by atoms with van der Waals surface area (Å²) in [5, 5.41) is 0. The van der Waals surface area contributed by atoms with Crippen LogP contribution in [0.25, 0.3) is 0 Å². The Hall–Kier alpha value is -1.39. The largest absolute Gasteiger partial charge is 0.383 e. The number of nitrogens with zero attached hydrogens (tertiary/aromatic N) is 2. The summed E-state index contributed by atoms with van der Waals surface area (Å²) in [7, 11) is 5.26. The van der Waals surface area contributed by atoms with Gasteiger partial charge in [0.2, 0.25) is 5.91 Å². The summed E-state index contributed by atoms with van der Waals surface area (Å²) in [6.45, 7) is 9.18. The van der Waals surface area contributed by atoms with Gasteiger partial charge in [-0.3, -0.25) is 9.69 Å². The molecule has 0 aliphatic rings. The van der Waals surface area contributed by atoms with Gasteiger partial charge >= 0.3 is 0 Å². The molecule has 0 heterocycles. The standard InChI is InChI=1S/C18H30N2O2/c1-18(2,3)16-9-7-15(8-10-16)13-20(11-12-22-6)14-17(21)19(4)5/h7-10H,11-14H2,1-6H3. The van der Waals surface area contributed by atoms with Gasteiger partial charge in [-0.25, -0.2) is 0 Å². The van der Waals surface area contributed by atoms with Crippen LogP contribution in [0.2, 0.25) is 0 Å². The molecule has 124 valence electrons. The second kappa shape index (κ2) is 8.30. The summed E-state index contributed by atoms with van der Waals surface area (Å²) < 4.78 is 5.15. The van der Waals surface area contributed by atoms with Crippen LogP contribution >= 0.6 is 0 Å². The lowest BCUT2D eigenvalue weighted by molar-refractivity contribution is -0.130. The Balaban J connectivity index is 2.74. The lowest BCUT2D eigenvalue weighted by atomic mass is 9.87. The summed E-state index contributed by atoms with van der Waals surface area (Å²) in [6.07, 6.45) is 0. The van der Waals surface area contributed by atoms with E-state index in [9.17, 15) is 4.79 Å². The summed E-state index contributed by atoms with van der Waals surface area (Å²) in [6, 6.07) is 8.66. The third kappa shape index (κ3) is 6.16. The first-order valence-corrected chi connectivity index (χ1v) is 7.75. The van der Waals surface area contributed by atoms with Crippen molar-refractivity contribution >= 4 is 5.91 Å². The monoisotopic (exact) mass is 306 g/mol. The average Bonchev–Trinajstić information content (AvgIpc) is 2.44. The predicted octanol–water partition coefficient (Wildman–Crippen LogP) is 2.52. The number of methoxy groups -OCH3 is 1. The average molecular weight is 306 g/mol. The zero-order chi connectivity index (χ0) is 16.8. The van der Waals surface area contributed by atoms with Crippen molar-refractivity contribution in [2.75, 3.05) is 40.9 Å². The van der Waals surface area contributed by atoms with Crippen LogP contribution in [-0.2, 0) is 21.5 Å². The van der Waals surface area contributed by atoms with E-state index in [0.717, 1.165) is 13.1 Å². The van der Waals surface area contributed by atoms with Crippen molar-refractivity contribution in [2.45, 2.75) is 32.7 Å². The SMILES string of the molecule is COCCN(CC(=O)N(C)C)Cc1ccc(C(C)(C)C)cc1. The van der Waals surface area contributed by atoms with Gasteiger partial charge in [0.1, 0.15) is 0 Å². The van der Waals surface area contributed by atoms with E-state index in [4.69, 9.17) is 4.74 Å². The maximum absolute atomic E-state index is 11.9. The van der Waals surface area contributed by atoms with Crippen LogP contribution in [0, 0.1) is 0 Å². The van der Waals surface area contributed by atoms with Crippen molar-refractivity contribution in [1.29, 1.82) is 0 Å². The number of hydrogen-bond donors (Lipinski definition) is 0. The van der Waals surface area contributed by atoms with Crippen LogP contribution in [0.5, 0.6) is 0 Å². The minimum absolute atomic E-state index is 0.113. The Labute approximate surface area is 135 Å². The fourth-order valence-electron chi connectivity index (χ4n) is 2.14. The Bertz CT molecular complexity index is 461. The first kappa shape index (κ1) is 18.7. The molecule has 0 saturated heterocycles. The van der Waals surface area contributed by atoms with E-state index in [0.29, 0.717) is 13.2 Å². The molecule has 4 nitrogen and oxygen atoms in total. The van der Waals surface area contributed by atoms with Crippen molar-refractivity contribution in [3.05, 3.63) is 35.4 Å². The van der Waals surface area contributed by atoms with Crippen molar-refractivity contribution in [3.63, 3.8) is 0 Å². The summed E-state index contributed by atoms with van der Waals surface area (Å²) in [4.78, 5) is 15.7. The predicted molar refractivity (Wildman–Crippen MR) is 91.0 cm³/mol. The van der Waals surface area contributed by atoms with E-state index in [2.05, 4.69) is 49.9 Å². The minimum atomic E-state index is 0.113. The molecule has 0 bridgehead atoms. The van der Waals surface area contributed by atoms with E-state index < -0.39 is 0 Å². The smallest absolute Gasteiger partial charge is 0.236 e. The fourth-order valence-corrected chi connectivity index (χ4v) is 2.14. The van der Waals surface area contributed by atoms with E-state index in [-0.39, 0.29) is 11.3 Å². The molecule has 0 radical (unpaired) electrons. The van der Waals surface area contributed by atoms with E-state index in [1.807, 2.05) is 0 Å². The highest BCUT2D eigenvalue weighted by molar-refractivity contribution is 5.77. The molecule has 0 atom stereocenters. The van der Waals surface area contributed by atoms with Gasteiger partial charge in [0, 0.05) is 34.3 Å². The summed E-state index contributed by atoms with van der Waals surface area (Å²) in [5.41, 5.74) is 2.70. The first-order chi connectivity index (χ1) is 10.2. The van der Waals surface area contributed by atoms with Crippen molar-refractivity contribution in [3.8, 4) is 0 Å². The van der Waals surface area contributed by atoms with Gasteiger partial charge in [0.25, 0.3) is 0 Å². The molecule has 0 N–H and O–H groups in total. The molecule has 0 spiro atoms. The van der Waals surface area contributed by atoms with E-state index >= 15 is 0 Å². The Morgan fingerprint density at radius 3 is 2.18 bits per heavy atom. The van der Waals surface area contributed by atoms with Gasteiger partial charge in [-0.05, 0) is 16.5 Å². The second-order valence-corrected chi connectivity index (χ2v) is 6.94. The molecular weight excluding hydrogens is 276 g/mol. The van der Waals surface area contributed by atoms with Crippen LogP contribution in [0.15, 0.2) is 24.3 Å². The molecule has 0 fully saturated rings. The maximum atomic E-state index is 11.9. The van der Waals surface area contributed by atoms with Crippen LogP contribution in [0.4, 0.5) is 0 Å². The Morgan fingerprint density at radius 2 is 1.73 bits per heavy atom. The lowest BCUT2D eigenvalue weighted by Gasteiger charge is -2.24. The number of hydrogen-bond acceptors (Lipinski definition) is 3. The number of benzene rings is 1. The first-order valence-electron chi connectivity index (χ1n) is 7.75. The van der Waals surface area contributed by atoms with Crippen LogP contribution in [0.3, 0.4) is 0 Å². The van der Waals surface area contributed by atoms with Gasteiger partial charge in [0.05, 0.1) is 13.2 Å². The summed E-state index contributed by atoms with van der Waals surface area (Å²) >= 11 is 0. The van der Waals surface area contributed by atoms with Gasteiger partial charge in [0.15, 0.2) is 0 Å². The van der Waals surface area contributed by atoms with E-state index in [1.165, 1.54) is 11.1 Å². The molecule has 0 saturated carbocycles. The molecule has 1 rings (SSSR count). The topological polar surface area (TPSA) is 32.8 Å². The molecule has 1 aromatic carbocycles. The van der Waals surface area contributed by atoms with Gasteiger partial charge in [-0.2, -0.15) is 0 Å². The number of carbonyl (C=O) groups excluding carboxylic acids is 1. The van der Waals surface area contributed by atoms with Crippen molar-refractivity contribution < 1.29 is 9.53 Å². The Kier molecular flexibility index (Phi) is 7.04. The van der Waals surface area contributed by atoms with Crippen LogP contribution in [0.1, 0.15) is 31.9 Å². The number of amides is 1. The molecule has 1 aromatic rings. The van der Waals surface area contributed by atoms with Gasteiger partial charge in [-0.15, -0.1) is 0 Å². The molecule has 0 aliphatic carbocycles. The van der Waals surface area contributed by atoms with Crippen LogP contribution < -0.4 is 0 Å². The zero-order valence-corrected chi connectivity index (χ0v) is 14.8. The molecule has 4 heteroatoms.